The number of halogens is 2. The van der Waals surface area contributed by atoms with Gasteiger partial charge >= 0.3 is 5.97 Å². The summed E-state index contributed by atoms with van der Waals surface area (Å²) < 4.78 is 18.5. The molecule has 86 valence electrons. The van der Waals surface area contributed by atoms with Crippen molar-refractivity contribution in [1.29, 1.82) is 0 Å². The fourth-order valence-corrected chi connectivity index (χ4v) is 1.76. The zero-order valence-corrected chi connectivity index (χ0v) is 10.1. The minimum Gasteiger partial charge on any atom is -0.462 e. The largest absolute Gasteiger partial charge is 0.462 e. The van der Waals surface area contributed by atoms with E-state index in [-0.39, 0.29) is 11.3 Å². The third-order valence-electron chi connectivity index (χ3n) is 2.45. The van der Waals surface area contributed by atoms with Crippen molar-refractivity contribution in [3.63, 3.8) is 0 Å². The predicted molar refractivity (Wildman–Crippen MR) is 61.5 cm³/mol. The van der Waals surface area contributed by atoms with Crippen LogP contribution < -0.4 is 5.73 Å². The molecule has 0 heterocycles. The van der Waals surface area contributed by atoms with Gasteiger partial charge in [0.25, 0.3) is 0 Å². The Morgan fingerprint density at radius 1 is 1.56 bits per heavy atom. The summed E-state index contributed by atoms with van der Waals surface area (Å²) in [6.45, 7) is 0.433. The van der Waals surface area contributed by atoms with Crippen molar-refractivity contribution in [3.05, 3.63) is 28.0 Å². The summed E-state index contributed by atoms with van der Waals surface area (Å²) in [6.07, 6.45) is 2.22. The number of esters is 1. The normalized spacial score (nSPS) is 14.9. The van der Waals surface area contributed by atoms with E-state index in [1.807, 2.05) is 0 Å². The second-order valence-corrected chi connectivity index (χ2v) is 4.75. The molecule has 0 bridgehead atoms. The highest BCUT2D eigenvalue weighted by Gasteiger charge is 2.24. The van der Waals surface area contributed by atoms with Crippen LogP contribution >= 0.6 is 15.9 Å². The zero-order valence-electron chi connectivity index (χ0n) is 8.50. The second-order valence-electron chi connectivity index (χ2n) is 3.90. The number of carbonyl (C=O) groups excluding carboxylic acids is 1. The molecule has 1 aliphatic carbocycles. The maximum absolute atomic E-state index is 13.0. The summed E-state index contributed by atoms with van der Waals surface area (Å²) in [5.41, 5.74) is 5.60. The predicted octanol–water partition coefficient (Wildman–Crippen LogP) is 2.74. The molecule has 0 aliphatic heterocycles. The van der Waals surface area contributed by atoms with Crippen LogP contribution in [0.4, 0.5) is 10.1 Å². The quantitative estimate of drug-likeness (QED) is 0.687. The Morgan fingerprint density at radius 2 is 2.25 bits per heavy atom. The second kappa shape index (κ2) is 4.41. The van der Waals surface area contributed by atoms with Gasteiger partial charge in [-0.1, -0.05) is 0 Å². The number of nitrogen functional groups attached to an aromatic ring is 1. The summed E-state index contributed by atoms with van der Waals surface area (Å²) >= 11 is 3.11. The molecular formula is C11H11BrFNO2. The highest BCUT2D eigenvalue weighted by Crippen LogP contribution is 2.30. The Hall–Kier alpha value is -1.10. The van der Waals surface area contributed by atoms with E-state index in [1.54, 1.807) is 0 Å². The first-order chi connectivity index (χ1) is 7.58. The molecule has 1 aliphatic rings. The molecule has 1 fully saturated rings. The number of hydrogen-bond donors (Lipinski definition) is 1. The number of hydrogen-bond acceptors (Lipinski definition) is 3. The Morgan fingerprint density at radius 3 is 2.88 bits per heavy atom. The third-order valence-corrected chi connectivity index (χ3v) is 3.11. The highest BCUT2D eigenvalue weighted by molar-refractivity contribution is 9.10. The molecule has 2 rings (SSSR count). The van der Waals surface area contributed by atoms with Crippen molar-refractivity contribution < 1.29 is 13.9 Å². The first-order valence-electron chi connectivity index (χ1n) is 4.99. The van der Waals surface area contributed by atoms with Crippen LogP contribution in [0.2, 0.25) is 0 Å². The molecule has 2 N–H and O–H groups in total. The van der Waals surface area contributed by atoms with Crippen molar-refractivity contribution in [2.24, 2.45) is 5.92 Å². The SMILES string of the molecule is Nc1cc(C(=O)OCC2CC2)c(Br)cc1F. The van der Waals surface area contributed by atoms with Crippen LogP contribution in [0.1, 0.15) is 23.2 Å². The number of nitrogens with two attached hydrogens (primary N) is 1. The zero-order chi connectivity index (χ0) is 11.7. The Bertz CT molecular complexity index is 432. The first-order valence-corrected chi connectivity index (χ1v) is 5.79. The molecule has 1 aromatic rings. The molecule has 0 radical (unpaired) electrons. The lowest BCUT2D eigenvalue weighted by atomic mass is 10.2. The van der Waals surface area contributed by atoms with E-state index >= 15 is 0 Å². The summed E-state index contributed by atoms with van der Waals surface area (Å²) in [5, 5.41) is 0. The van der Waals surface area contributed by atoms with Gasteiger partial charge in [-0.05, 0) is 46.8 Å². The fraction of sp³-hybridized carbons (Fsp3) is 0.364. The van der Waals surface area contributed by atoms with Crippen LogP contribution in [0.5, 0.6) is 0 Å². The van der Waals surface area contributed by atoms with Crippen LogP contribution in [-0.4, -0.2) is 12.6 Å². The van der Waals surface area contributed by atoms with Gasteiger partial charge in [0.05, 0.1) is 17.9 Å². The van der Waals surface area contributed by atoms with Crippen molar-refractivity contribution in [1.82, 2.24) is 0 Å². The van der Waals surface area contributed by atoms with E-state index in [0.29, 0.717) is 17.0 Å². The Labute approximate surface area is 101 Å². The molecule has 0 amide bonds. The number of carbonyl (C=O) groups is 1. The van der Waals surface area contributed by atoms with Gasteiger partial charge in [-0.3, -0.25) is 0 Å². The minimum absolute atomic E-state index is 0.0541. The molecule has 1 aromatic carbocycles. The third kappa shape index (κ3) is 2.52. The summed E-state index contributed by atoms with van der Waals surface area (Å²) in [6, 6.07) is 2.46. The molecule has 0 unspecified atom stereocenters. The van der Waals surface area contributed by atoms with E-state index in [2.05, 4.69) is 15.9 Å². The molecule has 0 spiro atoms. The Balaban J connectivity index is 2.11. The van der Waals surface area contributed by atoms with Crippen LogP contribution in [0, 0.1) is 11.7 Å². The van der Waals surface area contributed by atoms with Gasteiger partial charge in [0.1, 0.15) is 5.82 Å². The molecule has 0 atom stereocenters. The van der Waals surface area contributed by atoms with Crippen LogP contribution in [0.15, 0.2) is 16.6 Å². The molecule has 1 saturated carbocycles. The monoisotopic (exact) mass is 287 g/mol. The van der Waals surface area contributed by atoms with Crippen LogP contribution in [0.25, 0.3) is 0 Å². The lowest BCUT2D eigenvalue weighted by molar-refractivity contribution is 0.0485. The van der Waals surface area contributed by atoms with E-state index in [4.69, 9.17) is 10.5 Å². The fourth-order valence-electron chi connectivity index (χ4n) is 1.28. The molecule has 5 heteroatoms. The molecule has 0 saturated heterocycles. The van der Waals surface area contributed by atoms with Crippen LogP contribution in [-0.2, 0) is 4.74 Å². The van der Waals surface area contributed by atoms with Crippen molar-refractivity contribution >= 4 is 27.6 Å². The molecule has 3 nitrogen and oxygen atoms in total. The van der Waals surface area contributed by atoms with Crippen molar-refractivity contribution in [2.45, 2.75) is 12.8 Å². The van der Waals surface area contributed by atoms with Gasteiger partial charge in [-0.15, -0.1) is 0 Å². The average Bonchev–Trinajstić information content (AvgIpc) is 3.03. The van der Waals surface area contributed by atoms with Gasteiger partial charge in [0, 0.05) is 4.47 Å². The molecule has 0 aromatic heterocycles. The van der Waals surface area contributed by atoms with Gasteiger partial charge in [0.15, 0.2) is 0 Å². The molecule has 16 heavy (non-hydrogen) atoms. The summed E-state index contributed by atoms with van der Waals surface area (Å²) in [7, 11) is 0. The van der Waals surface area contributed by atoms with E-state index < -0.39 is 11.8 Å². The average molecular weight is 288 g/mol. The van der Waals surface area contributed by atoms with Crippen molar-refractivity contribution in [2.75, 3.05) is 12.3 Å². The van der Waals surface area contributed by atoms with Crippen molar-refractivity contribution in [3.8, 4) is 0 Å². The van der Waals surface area contributed by atoms with E-state index in [9.17, 15) is 9.18 Å². The summed E-state index contributed by atoms with van der Waals surface area (Å²) in [5.74, 6) is -0.517. The van der Waals surface area contributed by atoms with Gasteiger partial charge in [0.2, 0.25) is 0 Å². The van der Waals surface area contributed by atoms with E-state index in [0.717, 1.165) is 12.8 Å². The lowest BCUT2D eigenvalue weighted by Crippen LogP contribution is -2.09. The van der Waals surface area contributed by atoms with Crippen LogP contribution in [0.3, 0.4) is 0 Å². The van der Waals surface area contributed by atoms with Gasteiger partial charge in [-0.2, -0.15) is 0 Å². The van der Waals surface area contributed by atoms with E-state index in [1.165, 1.54) is 12.1 Å². The smallest absolute Gasteiger partial charge is 0.339 e. The highest BCUT2D eigenvalue weighted by atomic mass is 79.9. The topological polar surface area (TPSA) is 52.3 Å². The number of benzene rings is 1. The maximum Gasteiger partial charge on any atom is 0.339 e. The lowest BCUT2D eigenvalue weighted by Gasteiger charge is -2.07. The number of anilines is 1. The Kier molecular flexibility index (Phi) is 3.14. The first kappa shape index (κ1) is 11.4. The van der Waals surface area contributed by atoms with Gasteiger partial charge in [-0.25, -0.2) is 9.18 Å². The van der Waals surface area contributed by atoms with Gasteiger partial charge < -0.3 is 10.5 Å². The number of rotatable bonds is 3. The molecular weight excluding hydrogens is 277 g/mol. The summed E-state index contributed by atoms with van der Waals surface area (Å²) in [4.78, 5) is 11.6. The standard InChI is InChI=1S/C11H11BrFNO2/c12-8-4-9(13)10(14)3-7(8)11(15)16-5-6-1-2-6/h3-4,6H,1-2,5,14H2. The minimum atomic E-state index is -0.550. The number of ether oxygens (including phenoxy) is 1. The maximum atomic E-state index is 13.0.